The number of fused-ring (bicyclic) bond motifs is 1. The molecule has 0 amide bonds. The lowest BCUT2D eigenvalue weighted by atomic mass is 10.1. The Balaban J connectivity index is 1.69. The van der Waals surface area contributed by atoms with Gasteiger partial charge in [-0.05, 0) is 44.6 Å². The van der Waals surface area contributed by atoms with Crippen molar-refractivity contribution in [3.63, 3.8) is 0 Å². The highest BCUT2D eigenvalue weighted by Crippen LogP contribution is 2.30. The number of pyridine rings is 1. The summed E-state index contributed by atoms with van der Waals surface area (Å²) < 4.78 is 0. The van der Waals surface area contributed by atoms with Gasteiger partial charge in [0, 0.05) is 37.4 Å². The van der Waals surface area contributed by atoms with Crippen LogP contribution in [0, 0.1) is 0 Å². The molecule has 138 valence electrons. The van der Waals surface area contributed by atoms with E-state index in [1.807, 2.05) is 24.4 Å². The SMILES string of the molecule is CCN(CC)[C@H]1CCN(c2nc(-c3ccccn3)nc3c2CCNC3)C1. The van der Waals surface area contributed by atoms with Gasteiger partial charge in [-0.3, -0.25) is 9.88 Å². The van der Waals surface area contributed by atoms with Crippen LogP contribution >= 0.6 is 0 Å². The average molecular weight is 352 g/mol. The van der Waals surface area contributed by atoms with Crippen LogP contribution in [0.1, 0.15) is 31.5 Å². The smallest absolute Gasteiger partial charge is 0.180 e. The molecule has 1 saturated heterocycles. The van der Waals surface area contributed by atoms with Gasteiger partial charge in [0.15, 0.2) is 5.82 Å². The lowest BCUT2D eigenvalue weighted by molar-refractivity contribution is 0.232. The fourth-order valence-corrected chi connectivity index (χ4v) is 4.18. The Morgan fingerprint density at radius 1 is 1.23 bits per heavy atom. The van der Waals surface area contributed by atoms with Crippen LogP contribution in [-0.4, -0.2) is 58.6 Å². The summed E-state index contributed by atoms with van der Waals surface area (Å²) >= 11 is 0. The second kappa shape index (κ2) is 7.68. The standard InChI is InChI=1S/C20H28N6/c1-3-25(4-2)15-9-12-26(14-15)20-16-8-11-21-13-18(16)23-19(24-20)17-7-5-6-10-22-17/h5-7,10,15,21H,3-4,8-9,11-14H2,1-2H3/t15-/m0/s1. The highest BCUT2D eigenvalue weighted by atomic mass is 15.3. The normalized spacial score (nSPS) is 19.8. The van der Waals surface area contributed by atoms with Gasteiger partial charge in [0.1, 0.15) is 11.5 Å². The molecule has 4 rings (SSSR count). The molecule has 0 aromatic carbocycles. The first-order chi connectivity index (χ1) is 12.8. The molecule has 0 spiro atoms. The van der Waals surface area contributed by atoms with Gasteiger partial charge in [-0.15, -0.1) is 0 Å². The first-order valence-electron chi connectivity index (χ1n) is 9.81. The van der Waals surface area contributed by atoms with E-state index in [0.29, 0.717) is 6.04 Å². The minimum Gasteiger partial charge on any atom is -0.355 e. The molecule has 0 unspecified atom stereocenters. The van der Waals surface area contributed by atoms with Crippen molar-refractivity contribution in [2.45, 2.75) is 39.3 Å². The van der Waals surface area contributed by atoms with E-state index < -0.39 is 0 Å². The van der Waals surface area contributed by atoms with Crippen molar-refractivity contribution in [3.8, 4) is 11.5 Å². The van der Waals surface area contributed by atoms with Gasteiger partial charge in [0.05, 0.1) is 5.69 Å². The molecule has 2 aliphatic heterocycles. The molecule has 1 fully saturated rings. The molecule has 2 aliphatic rings. The van der Waals surface area contributed by atoms with E-state index >= 15 is 0 Å². The van der Waals surface area contributed by atoms with Crippen LogP contribution in [0.15, 0.2) is 24.4 Å². The van der Waals surface area contributed by atoms with Gasteiger partial charge < -0.3 is 10.2 Å². The largest absolute Gasteiger partial charge is 0.355 e. The Bertz CT molecular complexity index is 743. The van der Waals surface area contributed by atoms with E-state index in [1.165, 1.54) is 12.0 Å². The molecule has 4 heterocycles. The molecule has 26 heavy (non-hydrogen) atoms. The van der Waals surface area contributed by atoms with Crippen molar-refractivity contribution in [3.05, 3.63) is 35.7 Å². The fourth-order valence-electron chi connectivity index (χ4n) is 4.18. The van der Waals surface area contributed by atoms with Gasteiger partial charge in [-0.1, -0.05) is 19.9 Å². The number of nitrogens with one attached hydrogen (secondary N) is 1. The van der Waals surface area contributed by atoms with Crippen LogP contribution in [0.25, 0.3) is 11.5 Å². The fraction of sp³-hybridized carbons (Fsp3) is 0.550. The molecule has 1 N–H and O–H groups in total. The number of likely N-dealkylation sites (N-methyl/N-ethyl adjacent to an activating group) is 1. The Morgan fingerprint density at radius 2 is 2.12 bits per heavy atom. The maximum Gasteiger partial charge on any atom is 0.180 e. The molecule has 2 aromatic rings. The van der Waals surface area contributed by atoms with Gasteiger partial charge in [0.25, 0.3) is 0 Å². The van der Waals surface area contributed by atoms with Crippen molar-refractivity contribution in [1.29, 1.82) is 0 Å². The zero-order valence-corrected chi connectivity index (χ0v) is 15.8. The molecular formula is C20H28N6. The predicted molar refractivity (Wildman–Crippen MR) is 104 cm³/mol. The highest BCUT2D eigenvalue weighted by Gasteiger charge is 2.30. The van der Waals surface area contributed by atoms with E-state index in [2.05, 4.69) is 33.9 Å². The molecule has 2 aromatic heterocycles. The Labute approximate surface area is 155 Å². The zero-order chi connectivity index (χ0) is 17.9. The molecule has 0 saturated carbocycles. The minimum atomic E-state index is 0.621. The van der Waals surface area contributed by atoms with Crippen LogP contribution in [0.3, 0.4) is 0 Å². The summed E-state index contributed by atoms with van der Waals surface area (Å²) in [5, 5.41) is 3.45. The van der Waals surface area contributed by atoms with Crippen LogP contribution in [0.2, 0.25) is 0 Å². The van der Waals surface area contributed by atoms with E-state index in [4.69, 9.17) is 9.97 Å². The molecule has 6 heteroatoms. The number of hydrogen-bond acceptors (Lipinski definition) is 6. The summed E-state index contributed by atoms with van der Waals surface area (Å²) in [6.45, 7) is 10.7. The number of nitrogens with zero attached hydrogens (tertiary/aromatic N) is 5. The Morgan fingerprint density at radius 3 is 2.88 bits per heavy atom. The summed E-state index contributed by atoms with van der Waals surface area (Å²) in [4.78, 5) is 19.3. The van der Waals surface area contributed by atoms with Crippen LogP contribution in [0.4, 0.5) is 5.82 Å². The van der Waals surface area contributed by atoms with E-state index in [9.17, 15) is 0 Å². The predicted octanol–water partition coefficient (Wildman–Crippen LogP) is 2.10. The van der Waals surface area contributed by atoms with Crippen molar-refractivity contribution in [2.75, 3.05) is 37.6 Å². The van der Waals surface area contributed by atoms with Crippen LogP contribution < -0.4 is 10.2 Å². The molecule has 0 radical (unpaired) electrons. The molecular weight excluding hydrogens is 324 g/mol. The van der Waals surface area contributed by atoms with E-state index in [-0.39, 0.29) is 0 Å². The summed E-state index contributed by atoms with van der Waals surface area (Å²) in [6.07, 6.45) is 4.01. The average Bonchev–Trinajstić information content (AvgIpc) is 3.18. The summed E-state index contributed by atoms with van der Waals surface area (Å²) in [7, 11) is 0. The van der Waals surface area contributed by atoms with Gasteiger partial charge in [0.2, 0.25) is 0 Å². The lowest BCUT2D eigenvalue weighted by Crippen LogP contribution is -2.38. The summed E-state index contributed by atoms with van der Waals surface area (Å²) in [6, 6.07) is 6.54. The molecule has 0 aliphatic carbocycles. The third kappa shape index (κ3) is 3.31. The minimum absolute atomic E-state index is 0.621. The maximum absolute atomic E-state index is 4.99. The summed E-state index contributed by atoms with van der Waals surface area (Å²) in [5.41, 5.74) is 3.30. The topological polar surface area (TPSA) is 57.2 Å². The third-order valence-corrected chi connectivity index (χ3v) is 5.60. The number of anilines is 1. The zero-order valence-electron chi connectivity index (χ0n) is 15.8. The highest BCUT2D eigenvalue weighted by molar-refractivity contribution is 5.59. The number of hydrogen-bond donors (Lipinski definition) is 1. The van der Waals surface area contributed by atoms with Crippen LogP contribution in [0.5, 0.6) is 0 Å². The van der Waals surface area contributed by atoms with Crippen molar-refractivity contribution in [2.24, 2.45) is 0 Å². The van der Waals surface area contributed by atoms with Crippen LogP contribution in [-0.2, 0) is 13.0 Å². The second-order valence-corrected chi connectivity index (χ2v) is 7.05. The first-order valence-corrected chi connectivity index (χ1v) is 9.81. The monoisotopic (exact) mass is 352 g/mol. The Hall–Kier alpha value is -2.05. The van der Waals surface area contributed by atoms with Crippen molar-refractivity contribution < 1.29 is 0 Å². The lowest BCUT2D eigenvalue weighted by Gasteiger charge is -2.28. The Kier molecular flexibility index (Phi) is 5.13. The van der Waals surface area contributed by atoms with Crippen molar-refractivity contribution in [1.82, 2.24) is 25.2 Å². The van der Waals surface area contributed by atoms with Gasteiger partial charge in [-0.2, -0.15) is 0 Å². The molecule has 1 atom stereocenters. The van der Waals surface area contributed by atoms with Gasteiger partial charge >= 0.3 is 0 Å². The van der Waals surface area contributed by atoms with E-state index in [0.717, 1.165) is 68.7 Å². The quantitative estimate of drug-likeness (QED) is 0.889. The molecule has 0 bridgehead atoms. The summed E-state index contributed by atoms with van der Waals surface area (Å²) in [5.74, 6) is 1.88. The number of aromatic nitrogens is 3. The van der Waals surface area contributed by atoms with Crippen molar-refractivity contribution >= 4 is 5.82 Å². The third-order valence-electron chi connectivity index (χ3n) is 5.60. The first kappa shape index (κ1) is 17.4. The molecule has 6 nitrogen and oxygen atoms in total. The maximum atomic E-state index is 4.99. The second-order valence-electron chi connectivity index (χ2n) is 7.05. The van der Waals surface area contributed by atoms with E-state index in [1.54, 1.807) is 0 Å². The number of rotatable bonds is 5. The van der Waals surface area contributed by atoms with Gasteiger partial charge in [-0.25, -0.2) is 9.97 Å².